The third-order valence-electron chi connectivity index (χ3n) is 3.19. The molecule has 0 spiro atoms. The van der Waals surface area contributed by atoms with E-state index in [0.717, 1.165) is 12.7 Å². The summed E-state index contributed by atoms with van der Waals surface area (Å²) in [7, 11) is -3.32. The van der Waals surface area contributed by atoms with Crippen molar-refractivity contribution in [3.63, 3.8) is 0 Å². The van der Waals surface area contributed by atoms with Crippen molar-refractivity contribution in [3.05, 3.63) is 29.8 Å². The molecule has 0 aromatic heterocycles. The zero-order valence-electron chi connectivity index (χ0n) is 11.7. The fourth-order valence-electron chi connectivity index (χ4n) is 2.11. The number of amides is 2. The minimum atomic E-state index is -3.32. The summed E-state index contributed by atoms with van der Waals surface area (Å²) in [5.74, 6) is -0.119. The lowest BCUT2D eigenvalue weighted by atomic mass is 10.1. The van der Waals surface area contributed by atoms with E-state index >= 15 is 0 Å². The predicted octanol–water partition coefficient (Wildman–Crippen LogP) is -0.0277. The van der Waals surface area contributed by atoms with Gasteiger partial charge in [-0.15, -0.1) is 0 Å². The van der Waals surface area contributed by atoms with Gasteiger partial charge in [0.25, 0.3) is 5.91 Å². The molecule has 1 fully saturated rings. The van der Waals surface area contributed by atoms with E-state index in [4.69, 9.17) is 0 Å². The maximum atomic E-state index is 12.3. The second kappa shape index (κ2) is 6.13. The van der Waals surface area contributed by atoms with E-state index in [0.29, 0.717) is 37.4 Å². The number of sulfonamides is 1. The van der Waals surface area contributed by atoms with Crippen molar-refractivity contribution in [2.75, 3.05) is 37.2 Å². The van der Waals surface area contributed by atoms with Gasteiger partial charge in [-0.2, -0.15) is 0 Å². The topological polar surface area (TPSA) is 86.8 Å². The molecule has 0 bridgehead atoms. The van der Waals surface area contributed by atoms with E-state index in [1.165, 1.54) is 0 Å². The van der Waals surface area contributed by atoms with Crippen LogP contribution >= 0.6 is 0 Å². The highest BCUT2D eigenvalue weighted by atomic mass is 32.2. The van der Waals surface area contributed by atoms with Crippen LogP contribution in [0.15, 0.2) is 24.3 Å². The van der Waals surface area contributed by atoms with Crippen LogP contribution in [0.1, 0.15) is 10.4 Å². The van der Waals surface area contributed by atoms with E-state index in [9.17, 15) is 18.0 Å². The van der Waals surface area contributed by atoms with Crippen molar-refractivity contribution < 1.29 is 18.0 Å². The molecule has 2 amide bonds. The van der Waals surface area contributed by atoms with Gasteiger partial charge in [-0.1, -0.05) is 0 Å². The first-order valence-corrected chi connectivity index (χ1v) is 8.35. The number of anilines is 1. The van der Waals surface area contributed by atoms with Crippen molar-refractivity contribution in [3.8, 4) is 0 Å². The van der Waals surface area contributed by atoms with Crippen LogP contribution < -0.4 is 4.72 Å². The minimum Gasteiger partial charge on any atom is -0.342 e. The van der Waals surface area contributed by atoms with Gasteiger partial charge in [0.05, 0.1) is 6.26 Å². The number of carbonyl (C=O) groups is 2. The molecule has 0 radical (unpaired) electrons. The molecule has 1 aliphatic heterocycles. The number of carbonyl (C=O) groups excluding carboxylic acids is 2. The highest BCUT2D eigenvalue weighted by molar-refractivity contribution is 7.92. The molecule has 0 aliphatic carbocycles. The van der Waals surface area contributed by atoms with Gasteiger partial charge < -0.3 is 9.80 Å². The van der Waals surface area contributed by atoms with E-state index in [2.05, 4.69) is 4.72 Å². The summed E-state index contributed by atoms with van der Waals surface area (Å²) < 4.78 is 24.6. The van der Waals surface area contributed by atoms with Crippen LogP contribution in [0.4, 0.5) is 5.69 Å². The summed E-state index contributed by atoms with van der Waals surface area (Å²) in [4.78, 5) is 26.2. The zero-order chi connectivity index (χ0) is 15.5. The Morgan fingerprint density at radius 2 is 1.71 bits per heavy atom. The number of hydrogen-bond acceptors (Lipinski definition) is 4. The average Bonchev–Trinajstić information content (AvgIpc) is 2.46. The lowest BCUT2D eigenvalue weighted by Crippen LogP contribution is -2.48. The standard InChI is InChI=1S/C13H17N3O4S/c1-21(19,20)14-12-4-2-11(3-5-12)13(18)16-8-6-15(10-17)7-9-16/h2-5,10,14H,6-9H2,1H3. The molecule has 114 valence electrons. The van der Waals surface area contributed by atoms with Crippen molar-refractivity contribution in [2.24, 2.45) is 0 Å². The lowest BCUT2D eigenvalue weighted by molar-refractivity contribution is -0.119. The molecule has 7 nitrogen and oxygen atoms in total. The summed E-state index contributed by atoms with van der Waals surface area (Å²) in [6, 6.07) is 6.27. The van der Waals surface area contributed by atoms with Crippen molar-refractivity contribution in [1.29, 1.82) is 0 Å². The monoisotopic (exact) mass is 311 g/mol. The number of nitrogens with zero attached hydrogens (tertiary/aromatic N) is 2. The summed E-state index contributed by atoms with van der Waals surface area (Å²) in [5.41, 5.74) is 0.911. The van der Waals surface area contributed by atoms with E-state index in [1.807, 2.05) is 0 Å². The highest BCUT2D eigenvalue weighted by Gasteiger charge is 2.21. The number of benzene rings is 1. The molecule has 0 unspecified atom stereocenters. The molecule has 1 aromatic carbocycles. The van der Waals surface area contributed by atoms with Gasteiger partial charge in [-0.25, -0.2) is 8.42 Å². The van der Waals surface area contributed by atoms with Crippen molar-refractivity contribution >= 4 is 28.0 Å². The molecule has 21 heavy (non-hydrogen) atoms. The predicted molar refractivity (Wildman–Crippen MR) is 78.4 cm³/mol. The molecule has 1 aromatic rings. The largest absolute Gasteiger partial charge is 0.342 e. The number of hydrogen-bond donors (Lipinski definition) is 1. The third-order valence-corrected chi connectivity index (χ3v) is 3.79. The van der Waals surface area contributed by atoms with Gasteiger partial charge in [-0.3, -0.25) is 14.3 Å². The Hall–Kier alpha value is -2.09. The second-order valence-electron chi connectivity index (χ2n) is 4.89. The van der Waals surface area contributed by atoms with Crippen molar-refractivity contribution in [2.45, 2.75) is 0 Å². The summed E-state index contributed by atoms with van der Waals surface area (Å²) in [6.45, 7) is 2.06. The maximum absolute atomic E-state index is 12.3. The Bertz CT molecular complexity index is 619. The van der Waals surface area contributed by atoms with E-state index in [1.54, 1.807) is 34.1 Å². The molecular formula is C13H17N3O4S. The van der Waals surface area contributed by atoms with Crippen molar-refractivity contribution in [1.82, 2.24) is 9.80 Å². The van der Waals surface area contributed by atoms with Crippen LogP contribution in [0.25, 0.3) is 0 Å². The number of rotatable bonds is 4. The Morgan fingerprint density at radius 3 is 2.19 bits per heavy atom. The molecule has 1 saturated heterocycles. The molecule has 1 heterocycles. The third kappa shape index (κ3) is 4.19. The van der Waals surface area contributed by atoms with Crippen LogP contribution in [-0.2, 0) is 14.8 Å². The van der Waals surface area contributed by atoms with Crippen LogP contribution in [0, 0.1) is 0 Å². The summed E-state index contributed by atoms with van der Waals surface area (Å²) in [6.07, 6.45) is 1.85. The quantitative estimate of drug-likeness (QED) is 0.791. The Labute approximate surface area is 123 Å². The first-order chi connectivity index (χ1) is 9.89. The fourth-order valence-corrected chi connectivity index (χ4v) is 2.67. The van der Waals surface area contributed by atoms with Gasteiger partial charge in [0, 0.05) is 37.4 Å². The van der Waals surface area contributed by atoms with Gasteiger partial charge >= 0.3 is 0 Å². The normalized spacial score (nSPS) is 15.7. The molecule has 1 aliphatic rings. The molecule has 2 rings (SSSR count). The molecular weight excluding hydrogens is 294 g/mol. The van der Waals surface area contributed by atoms with Crippen LogP contribution in [-0.4, -0.2) is 63.0 Å². The van der Waals surface area contributed by atoms with Gasteiger partial charge in [0.2, 0.25) is 16.4 Å². The SMILES string of the molecule is CS(=O)(=O)Nc1ccc(C(=O)N2CCN(C=O)CC2)cc1. The number of nitrogens with one attached hydrogen (secondary N) is 1. The smallest absolute Gasteiger partial charge is 0.253 e. The molecule has 0 saturated carbocycles. The summed E-state index contributed by atoms with van der Waals surface area (Å²) in [5, 5.41) is 0. The second-order valence-corrected chi connectivity index (χ2v) is 6.63. The Morgan fingerprint density at radius 1 is 1.14 bits per heavy atom. The maximum Gasteiger partial charge on any atom is 0.253 e. The summed E-state index contributed by atoms with van der Waals surface area (Å²) >= 11 is 0. The zero-order valence-corrected chi connectivity index (χ0v) is 12.5. The fraction of sp³-hybridized carbons (Fsp3) is 0.385. The van der Waals surface area contributed by atoms with Gasteiger partial charge in [-0.05, 0) is 24.3 Å². The van der Waals surface area contributed by atoms with Gasteiger partial charge in [0.15, 0.2) is 0 Å². The number of piperazine rings is 1. The van der Waals surface area contributed by atoms with Crippen LogP contribution in [0.5, 0.6) is 0 Å². The van der Waals surface area contributed by atoms with Crippen LogP contribution in [0.3, 0.4) is 0 Å². The molecule has 0 atom stereocenters. The lowest BCUT2D eigenvalue weighted by Gasteiger charge is -2.32. The minimum absolute atomic E-state index is 0.119. The van der Waals surface area contributed by atoms with Crippen LogP contribution in [0.2, 0.25) is 0 Å². The van der Waals surface area contributed by atoms with E-state index in [-0.39, 0.29) is 5.91 Å². The Kier molecular flexibility index (Phi) is 4.46. The first-order valence-electron chi connectivity index (χ1n) is 6.45. The highest BCUT2D eigenvalue weighted by Crippen LogP contribution is 2.13. The van der Waals surface area contributed by atoms with E-state index < -0.39 is 10.0 Å². The Balaban J connectivity index is 2.02. The molecule has 1 N–H and O–H groups in total. The first kappa shape index (κ1) is 15.3. The average molecular weight is 311 g/mol. The molecule has 8 heteroatoms. The van der Waals surface area contributed by atoms with Gasteiger partial charge in [0.1, 0.15) is 0 Å².